The number of alkyl carbamates (subject to hydrolysis) is 1. The second-order valence-corrected chi connectivity index (χ2v) is 14.2. The first-order valence-corrected chi connectivity index (χ1v) is 16.1. The van der Waals surface area contributed by atoms with Crippen molar-refractivity contribution in [2.75, 3.05) is 0 Å². The van der Waals surface area contributed by atoms with Gasteiger partial charge in [-0.25, -0.2) is 4.79 Å². The lowest BCUT2D eigenvalue weighted by Crippen LogP contribution is -2.65. The number of fused-ring (bicyclic) bond motifs is 1. The second-order valence-electron chi connectivity index (χ2n) is 14.2. The van der Waals surface area contributed by atoms with Crippen LogP contribution in [-0.4, -0.2) is 42.8 Å². The minimum Gasteiger partial charge on any atom is -0.445 e. The average molecular weight is 597 g/mol. The molecular weight excluding hydrogens is 551 g/mol. The van der Waals surface area contributed by atoms with Crippen LogP contribution in [0.4, 0.5) is 4.79 Å². The Bertz CT molecular complexity index is 1500. The van der Waals surface area contributed by atoms with Gasteiger partial charge >= 0.3 is 13.2 Å². The molecule has 3 saturated carbocycles. The summed E-state index contributed by atoms with van der Waals surface area (Å²) in [5.41, 5.74) is 1.69. The van der Waals surface area contributed by atoms with Gasteiger partial charge in [0.1, 0.15) is 12.6 Å². The van der Waals surface area contributed by atoms with Crippen molar-refractivity contribution >= 4 is 29.9 Å². The molecule has 2 N–H and O–H groups in total. The van der Waals surface area contributed by atoms with Crippen LogP contribution in [0.1, 0.15) is 65.0 Å². The van der Waals surface area contributed by atoms with E-state index in [2.05, 4.69) is 63.5 Å². The normalized spacial score (nSPS) is 26.4. The molecule has 0 radical (unpaired) electrons. The van der Waals surface area contributed by atoms with Crippen LogP contribution in [-0.2, 0) is 31.9 Å². The monoisotopic (exact) mass is 596 g/mol. The van der Waals surface area contributed by atoms with Gasteiger partial charge in [0, 0.05) is 6.42 Å². The maximum absolute atomic E-state index is 14.0. The van der Waals surface area contributed by atoms with E-state index in [-0.39, 0.29) is 35.6 Å². The van der Waals surface area contributed by atoms with Crippen LogP contribution in [0, 0.1) is 23.2 Å². The topological polar surface area (TPSA) is 85.9 Å². The molecule has 3 aromatic rings. The lowest BCUT2D eigenvalue weighted by Gasteiger charge is -2.64. The number of hydrogen-bond acceptors (Lipinski definition) is 5. The molecule has 3 aliphatic carbocycles. The highest BCUT2D eigenvalue weighted by Crippen LogP contribution is 2.65. The Morgan fingerprint density at radius 3 is 2.39 bits per heavy atom. The van der Waals surface area contributed by atoms with Gasteiger partial charge in [0.25, 0.3) is 0 Å². The summed E-state index contributed by atoms with van der Waals surface area (Å²) in [5, 5.41) is 8.31. The first-order chi connectivity index (χ1) is 21.0. The number of nitrogens with one attached hydrogen (secondary N) is 2. The SMILES string of the molecule is CC(C)C[C@H](NC(=O)[C@H](Cc1ccc2ccccc2c1)NC(=O)OCc1ccccc1)B1O[C@@H]2C[C@@H]3C[C@@H](C3(C)C)[C@]2(C)O1. The molecule has 2 bridgehead atoms. The summed E-state index contributed by atoms with van der Waals surface area (Å²) in [6, 6.07) is 22.9. The van der Waals surface area contributed by atoms with E-state index in [1.807, 2.05) is 54.6 Å². The maximum Gasteiger partial charge on any atom is 0.481 e. The highest BCUT2D eigenvalue weighted by molar-refractivity contribution is 6.48. The third kappa shape index (κ3) is 6.11. The van der Waals surface area contributed by atoms with Crippen LogP contribution < -0.4 is 10.6 Å². The van der Waals surface area contributed by atoms with Crippen LogP contribution in [0.25, 0.3) is 10.8 Å². The van der Waals surface area contributed by atoms with Gasteiger partial charge in [-0.2, -0.15) is 0 Å². The Labute approximate surface area is 261 Å². The summed E-state index contributed by atoms with van der Waals surface area (Å²) in [7, 11) is -0.544. The zero-order valence-electron chi connectivity index (χ0n) is 26.5. The molecule has 44 heavy (non-hydrogen) atoms. The van der Waals surface area contributed by atoms with Crippen molar-refractivity contribution in [3.8, 4) is 0 Å². The fourth-order valence-electron chi connectivity index (χ4n) is 7.82. The van der Waals surface area contributed by atoms with Crippen LogP contribution >= 0.6 is 0 Å². The Balaban J connectivity index is 1.19. The quantitative estimate of drug-likeness (QED) is 0.262. The van der Waals surface area contributed by atoms with Gasteiger partial charge < -0.3 is 24.7 Å². The minimum atomic E-state index is -0.847. The first kappa shape index (κ1) is 30.7. The first-order valence-electron chi connectivity index (χ1n) is 16.1. The number of amides is 2. The van der Waals surface area contributed by atoms with Gasteiger partial charge in [0.15, 0.2) is 0 Å². The van der Waals surface area contributed by atoms with E-state index in [1.165, 1.54) is 6.42 Å². The standard InChI is InChI=1S/C36H45BN2O5/c1-23(2)17-32(37-43-31-21-28-20-30(35(28,3)4)36(31,5)44-37)39-33(40)29(38-34(41)42-22-24-11-7-6-8-12-24)19-25-15-16-26-13-9-10-14-27(26)18-25/h6-16,18,23,28-32H,17,19-22H2,1-5H3,(H,38,41)(H,39,40)/t28-,29-,30-,31+,32-,36-/m0/s1. The number of benzene rings is 3. The fourth-order valence-corrected chi connectivity index (χ4v) is 7.82. The van der Waals surface area contributed by atoms with Crippen molar-refractivity contribution in [3.63, 3.8) is 0 Å². The zero-order chi connectivity index (χ0) is 31.1. The number of hydrogen-bond donors (Lipinski definition) is 2. The Hall–Kier alpha value is -3.36. The summed E-state index contributed by atoms with van der Waals surface area (Å²) < 4.78 is 18.9. The van der Waals surface area contributed by atoms with Crippen molar-refractivity contribution in [3.05, 3.63) is 83.9 Å². The summed E-state index contributed by atoms with van der Waals surface area (Å²) in [5.74, 6) is 0.740. The fraction of sp³-hybridized carbons (Fsp3) is 0.500. The molecule has 6 atom stereocenters. The van der Waals surface area contributed by atoms with E-state index in [4.69, 9.17) is 14.0 Å². The molecule has 7 nitrogen and oxygen atoms in total. The van der Waals surface area contributed by atoms with Crippen molar-refractivity contribution in [2.45, 2.75) is 90.6 Å². The van der Waals surface area contributed by atoms with Crippen LogP contribution in [0.5, 0.6) is 0 Å². The van der Waals surface area contributed by atoms with Gasteiger partial charge in [0.2, 0.25) is 5.91 Å². The van der Waals surface area contributed by atoms with E-state index < -0.39 is 19.3 Å². The predicted molar refractivity (Wildman–Crippen MR) is 173 cm³/mol. The van der Waals surface area contributed by atoms with E-state index in [9.17, 15) is 9.59 Å². The zero-order valence-corrected chi connectivity index (χ0v) is 26.5. The highest BCUT2D eigenvalue weighted by Gasteiger charge is 2.68. The molecule has 1 aliphatic heterocycles. The summed E-state index contributed by atoms with van der Waals surface area (Å²) in [4.78, 5) is 27.1. The number of ether oxygens (including phenoxy) is 1. The molecule has 1 heterocycles. The molecular formula is C36H45BN2O5. The van der Waals surface area contributed by atoms with Crippen LogP contribution in [0.2, 0.25) is 0 Å². The molecule has 0 spiro atoms. The van der Waals surface area contributed by atoms with Gasteiger partial charge in [0.05, 0.1) is 17.6 Å². The number of carbonyl (C=O) groups is 2. The van der Waals surface area contributed by atoms with Gasteiger partial charge in [-0.3, -0.25) is 4.79 Å². The largest absolute Gasteiger partial charge is 0.481 e. The number of carbonyl (C=O) groups excluding carboxylic acids is 2. The molecule has 232 valence electrons. The van der Waals surface area contributed by atoms with Crippen molar-refractivity contribution in [1.82, 2.24) is 10.6 Å². The minimum absolute atomic E-state index is 0.0234. The molecule has 8 heteroatoms. The molecule has 4 fully saturated rings. The van der Waals surface area contributed by atoms with Crippen molar-refractivity contribution in [1.29, 1.82) is 0 Å². The third-order valence-electron chi connectivity index (χ3n) is 10.4. The highest BCUT2D eigenvalue weighted by atomic mass is 16.7. The molecule has 4 aliphatic rings. The second kappa shape index (κ2) is 12.2. The van der Waals surface area contributed by atoms with Crippen molar-refractivity contribution < 1.29 is 23.6 Å². The van der Waals surface area contributed by atoms with Crippen LogP contribution in [0.3, 0.4) is 0 Å². The van der Waals surface area contributed by atoms with Gasteiger partial charge in [-0.05, 0) is 71.3 Å². The lowest BCUT2D eigenvalue weighted by molar-refractivity contribution is -0.199. The van der Waals surface area contributed by atoms with E-state index in [0.29, 0.717) is 30.6 Å². The molecule has 3 aromatic carbocycles. The third-order valence-corrected chi connectivity index (χ3v) is 10.4. The molecule has 0 unspecified atom stereocenters. The molecule has 1 saturated heterocycles. The molecule has 0 aromatic heterocycles. The Morgan fingerprint density at radius 2 is 1.66 bits per heavy atom. The molecule has 2 amide bonds. The summed E-state index contributed by atoms with van der Waals surface area (Å²) >= 11 is 0. The number of rotatable bonds is 10. The Morgan fingerprint density at radius 1 is 0.932 bits per heavy atom. The van der Waals surface area contributed by atoms with Crippen molar-refractivity contribution in [2.24, 2.45) is 23.2 Å². The van der Waals surface area contributed by atoms with Gasteiger partial charge in [-0.1, -0.05) is 100 Å². The van der Waals surface area contributed by atoms with E-state index >= 15 is 0 Å². The predicted octanol–water partition coefficient (Wildman–Crippen LogP) is 6.48. The van der Waals surface area contributed by atoms with Gasteiger partial charge in [-0.15, -0.1) is 0 Å². The summed E-state index contributed by atoms with van der Waals surface area (Å²) in [6.45, 7) is 11.3. The smallest absolute Gasteiger partial charge is 0.445 e. The van der Waals surface area contributed by atoms with E-state index in [1.54, 1.807) is 0 Å². The maximum atomic E-state index is 14.0. The van der Waals surface area contributed by atoms with Crippen LogP contribution in [0.15, 0.2) is 72.8 Å². The lowest BCUT2D eigenvalue weighted by atomic mass is 9.43. The summed E-state index contributed by atoms with van der Waals surface area (Å²) in [6.07, 6.45) is 2.55. The molecule has 7 rings (SSSR count). The Kier molecular flexibility index (Phi) is 8.51. The van der Waals surface area contributed by atoms with E-state index in [0.717, 1.165) is 28.3 Å². The average Bonchev–Trinajstić information content (AvgIpc) is 3.37.